The van der Waals surface area contributed by atoms with Gasteiger partial charge < -0.3 is 0 Å². The lowest BCUT2D eigenvalue weighted by atomic mass is 10.1. The van der Waals surface area contributed by atoms with E-state index in [1.54, 1.807) is 19.1 Å². The van der Waals surface area contributed by atoms with E-state index in [4.69, 9.17) is 0 Å². The molecule has 22 heavy (non-hydrogen) atoms. The number of aryl methyl sites for hydroxylation is 1. The topological polar surface area (TPSA) is 43.1 Å². The monoisotopic (exact) mass is 329 g/mol. The number of hydrogen-bond donors (Lipinski definition) is 2. The molecule has 0 fully saturated rings. The predicted octanol–water partition coefficient (Wildman–Crippen LogP) is 5.32. The lowest BCUT2D eigenvalue weighted by Gasteiger charge is -1.98. The summed E-state index contributed by atoms with van der Waals surface area (Å²) in [4.78, 5) is 11.3. The van der Waals surface area contributed by atoms with Gasteiger partial charge in [0.15, 0.2) is 0 Å². The third kappa shape index (κ3) is 4.02. The second kappa shape index (κ2) is 7.33. The highest BCUT2D eigenvalue weighted by Crippen LogP contribution is 2.22. The lowest BCUT2D eigenvalue weighted by molar-refractivity contribution is -0.387. The Bertz CT molecular complexity index is 813. The van der Waals surface area contributed by atoms with Crippen molar-refractivity contribution in [2.45, 2.75) is 16.7 Å². The molecule has 0 aromatic heterocycles. The molecule has 3 aromatic rings. The highest BCUT2D eigenvalue weighted by atomic mass is 32.1. The Balaban J connectivity index is 0.000000160. The molecule has 0 aliphatic rings. The van der Waals surface area contributed by atoms with Gasteiger partial charge in [-0.2, -0.15) is 0 Å². The summed E-state index contributed by atoms with van der Waals surface area (Å²) in [6.07, 6.45) is 0. The SMILES string of the molecule is Cc1ccc(S)c([N+](=O)[O-])c1.Sc1cccc2ccccc12. The molecule has 0 amide bonds. The summed E-state index contributed by atoms with van der Waals surface area (Å²) in [7, 11) is 0. The fraction of sp³-hybridized carbons (Fsp3) is 0.0588. The molecule has 3 aromatic carbocycles. The zero-order chi connectivity index (χ0) is 16.1. The van der Waals surface area contributed by atoms with Gasteiger partial charge in [0.25, 0.3) is 5.69 Å². The molecule has 0 N–H and O–H groups in total. The molecule has 112 valence electrons. The highest BCUT2D eigenvalue weighted by molar-refractivity contribution is 7.80. The van der Waals surface area contributed by atoms with Crippen molar-refractivity contribution in [1.82, 2.24) is 0 Å². The van der Waals surface area contributed by atoms with Crippen LogP contribution in [-0.4, -0.2) is 4.92 Å². The van der Waals surface area contributed by atoms with Crippen LogP contribution >= 0.6 is 25.3 Å². The number of nitro groups is 1. The Morgan fingerprint density at radius 2 is 1.59 bits per heavy atom. The van der Waals surface area contributed by atoms with Crippen LogP contribution in [0.3, 0.4) is 0 Å². The number of hydrogen-bond acceptors (Lipinski definition) is 4. The number of nitrogens with zero attached hydrogens (tertiary/aromatic N) is 1. The van der Waals surface area contributed by atoms with E-state index < -0.39 is 4.92 Å². The molecule has 0 spiro atoms. The van der Waals surface area contributed by atoms with E-state index in [-0.39, 0.29) is 5.69 Å². The summed E-state index contributed by atoms with van der Waals surface area (Å²) in [5, 5.41) is 12.8. The van der Waals surface area contributed by atoms with E-state index in [1.807, 2.05) is 24.3 Å². The summed E-state index contributed by atoms with van der Waals surface area (Å²) in [6, 6.07) is 19.3. The number of rotatable bonds is 1. The normalized spacial score (nSPS) is 9.95. The largest absolute Gasteiger partial charge is 0.282 e. The average molecular weight is 329 g/mol. The summed E-state index contributed by atoms with van der Waals surface area (Å²) < 4.78 is 0. The van der Waals surface area contributed by atoms with Crippen LogP contribution in [0.4, 0.5) is 5.69 Å². The van der Waals surface area contributed by atoms with Gasteiger partial charge in [0, 0.05) is 11.0 Å². The molecule has 0 saturated carbocycles. The second-order valence-electron chi connectivity index (χ2n) is 4.75. The van der Waals surface area contributed by atoms with Crippen molar-refractivity contribution < 1.29 is 4.92 Å². The first-order chi connectivity index (χ1) is 10.5. The van der Waals surface area contributed by atoms with Gasteiger partial charge in [0.2, 0.25) is 0 Å². The number of benzene rings is 3. The average Bonchev–Trinajstić information content (AvgIpc) is 2.51. The van der Waals surface area contributed by atoms with Crippen molar-refractivity contribution >= 4 is 41.7 Å². The second-order valence-corrected chi connectivity index (χ2v) is 5.71. The van der Waals surface area contributed by atoms with Gasteiger partial charge in [-0.25, -0.2) is 0 Å². The van der Waals surface area contributed by atoms with E-state index in [9.17, 15) is 10.1 Å². The van der Waals surface area contributed by atoms with Gasteiger partial charge in [-0.3, -0.25) is 10.1 Å². The fourth-order valence-electron chi connectivity index (χ4n) is 1.99. The van der Waals surface area contributed by atoms with Crippen molar-refractivity contribution in [3.05, 3.63) is 76.3 Å². The quantitative estimate of drug-likeness (QED) is 0.360. The Morgan fingerprint density at radius 1 is 0.909 bits per heavy atom. The van der Waals surface area contributed by atoms with Crippen molar-refractivity contribution in [2.75, 3.05) is 0 Å². The molecule has 0 radical (unpaired) electrons. The van der Waals surface area contributed by atoms with Gasteiger partial charge in [0.05, 0.1) is 9.82 Å². The number of thiol groups is 2. The van der Waals surface area contributed by atoms with Gasteiger partial charge in [-0.15, -0.1) is 25.3 Å². The minimum absolute atomic E-state index is 0.0633. The van der Waals surface area contributed by atoms with Crippen LogP contribution < -0.4 is 0 Å². The maximum absolute atomic E-state index is 10.3. The Hall–Kier alpha value is -1.98. The van der Waals surface area contributed by atoms with Crippen molar-refractivity contribution in [3.8, 4) is 0 Å². The predicted molar refractivity (Wildman–Crippen MR) is 96.3 cm³/mol. The standard InChI is InChI=1S/C10H8S.C7H7NO2S/c11-10-7-3-5-8-4-1-2-6-9(8)10;1-5-2-3-7(11)6(4-5)8(9)10/h1-7,11H;2-4,11H,1H3. The summed E-state index contributed by atoms with van der Waals surface area (Å²) in [5.41, 5.74) is 0.933. The van der Waals surface area contributed by atoms with Crippen molar-refractivity contribution in [2.24, 2.45) is 0 Å². The van der Waals surface area contributed by atoms with Crippen LogP contribution in [0.15, 0.2) is 70.5 Å². The van der Waals surface area contributed by atoms with E-state index in [2.05, 4.69) is 43.5 Å². The van der Waals surface area contributed by atoms with E-state index in [0.29, 0.717) is 4.90 Å². The molecule has 0 bridgehead atoms. The van der Waals surface area contributed by atoms with Gasteiger partial charge >= 0.3 is 0 Å². The smallest absolute Gasteiger partial charge is 0.258 e. The summed E-state index contributed by atoms with van der Waals surface area (Å²) >= 11 is 8.29. The van der Waals surface area contributed by atoms with Crippen molar-refractivity contribution in [1.29, 1.82) is 0 Å². The molecular formula is C17H15NO2S2. The van der Waals surface area contributed by atoms with Gasteiger partial charge in [-0.05, 0) is 35.4 Å². The van der Waals surface area contributed by atoms with Gasteiger partial charge in [0.1, 0.15) is 0 Å². The van der Waals surface area contributed by atoms with Crippen LogP contribution in [0.2, 0.25) is 0 Å². The molecular weight excluding hydrogens is 314 g/mol. The minimum atomic E-state index is -0.435. The molecule has 0 aliphatic heterocycles. The molecule has 0 atom stereocenters. The van der Waals surface area contributed by atoms with E-state index >= 15 is 0 Å². The van der Waals surface area contributed by atoms with Crippen LogP contribution in [0, 0.1) is 17.0 Å². The molecule has 0 unspecified atom stereocenters. The summed E-state index contributed by atoms with van der Waals surface area (Å²) in [5.74, 6) is 0. The highest BCUT2D eigenvalue weighted by Gasteiger charge is 2.09. The lowest BCUT2D eigenvalue weighted by Crippen LogP contribution is -1.89. The fourth-order valence-corrected chi connectivity index (χ4v) is 2.50. The summed E-state index contributed by atoms with van der Waals surface area (Å²) in [6.45, 7) is 1.81. The number of nitro benzene ring substituents is 1. The van der Waals surface area contributed by atoms with Gasteiger partial charge in [-0.1, -0.05) is 42.5 Å². The molecule has 0 aliphatic carbocycles. The maximum atomic E-state index is 10.3. The maximum Gasteiger partial charge on any atom is 0.282 e. The molecule has 5 heteroatoms. The third-order valence-electron chi connectivity index (χ3n) is 3.09. The van der Waals surface area contributed by atoms with Crippen LogP contribution in [0.5, 0.6) is 0 Å². The first kappa shape index (κ1) is 16.4. The third-order valence-corrected chi connectivity index (χ3v) is 3.86. The number of fused-ring (bicyclic) bond motifs is 1. The van der Waals surface area contributed by atoms with E-state index in [1.165, 1.54) is 16.8 Å². The van der Waals surface area contributed by atoms with Crippen LogP contribution in [-0.2, 0) is 0 Å². The zero-order valence-electron chi connectivity index (χ0n) is 11.9. The Labute approximate surface area is 140 Å². The van der Waals surface area contributed by atoms with E-state index in [0.717, 1.165) is 10.5 Å². The first-order valence-corrected chi connectivity index (χ1v) is 7.49. The van der Waals surface area contributed by atoms with Crippen LogP contribution in [0.1, 0.15) is 5.56 Å². The molecule has 0 heterocycles. The molecule has 3 rings (SSSR count). The van der Waals surface area contributed by atoms with Crippen molar-refractivity contribution in [3.63, 3.8) is 0 Å². The molecule has 0 saturated heterocycles. The zero-order valence-corrected chi connectivity index (χ0v) is 13.7. The van der Waals surface area contributed by atoms with Crippen LogP contribution in [0.25, 0.3) is 10.8 Å². The molecule has 3 nitrogen and oxygen atoms in total. The first-order valence-electron chi connectivity index (χ1n) is 6.60. The Morgan fingerprint density at radius 3 is 2.23 bits per heavy atom. The Kier molecular flexibility index (Phi) is 5.46. The minimum Gasteiger partial charge on any atom is -0.258 e.